The molecule has 0 aliphatic carbocycles. The third-order valence-corrected chi connectivity index (χ3v) is 3.10. The van der Waals surface area contributed by atoms with Crippen LogP contribution >= 0.6 is 15.9 Å². The zero-order chi connectivity index (χ0) is 11.4. The van der Waals surface area contributed by atoms with Gasteiger partial charge in [-0.3, -0.25) is 4.68 Å². The Labute approximate surface area is 98.9 Å². The molecule has 0 bridgehead atoms. The van der Waals surface area contributed by atoms with E-state index in [0.29, 0.717) is 17.7 Å². The maximum atomic E-state index is 5.66. The summed E-state index contributed by atoms with van der Waals surface area (Å²) in [6.45, 7) is 5.95. The van der Waals surface area contributed by atoms with Gasteiger partial charge < -0.3 is 10.5 Å². The fourth-order valence-corrected chi connectivity index (χ4v) is 1.73. The largest absolute Gasteiger partial charge is 0.384 e. The Morgan fingerprint density at radius 3 is 2.67 bits per heavy atom. The molecule has 0 radical (unpaired) electrons. The highest BCUT2D eigenvalue weighted by molar-refractivity contribution is 9.10. The van der Waals surface area contributed by atoms with Crippen molar-refractivity contribution in [3.8, 4) is 0 Å². The van der Waals surface area contributed by atoms with Crippen LogP contribution in [0, 0.1) is 11.8 Å². The van der Waals surface area contributed by atoms with E-state index in [4.69, 9.17) is 10.5 Å². The van der Waals surface area contributed by atoms with E-state index in [0.717, 1.165) is 17.6 Å². The van der Waals surface area contributed by atoms with Crippen molar-refractivity contribution >= 4 is 21.7 Å². The van der Waals surface area contributed by atoms with Gasteiger partial charge in [0.2, 0.25) is 0 Å². The van der Waals surface area contributed by atoms with Crippen molar-refractivity contribution in [3.63, 3.8) is 0 Å². The van der Waals surface area contributed by atoms with Gasteiger partial charge in [0.05, 0.1) is 11.1 Å². The predicted molar refractivity (Wildman–Crippen MR) is 64.5 cm³/mol. The number of rotatable bonds is 5. The normalized spacial score (nSPS) is 13.4. The van der Waals surface area contributed by atoms with E-state index >= 15 is 0 Å². The Kier molecular flexibility index (Phi) is 4.60. The molecule has 0 saturated carbocycles. The lowest BCUT2D eigenvalue weighted by atomic mass is 9.97. The van der Waals surface area contributed by atoms with E-state index in [-0.39, 0.29) is 0 Å². The SMILES string of the molecule is COCC(Cn1cc(Br)c(N)n1)C(C)C. The second-order valence-electron chi connectivity index (χ2n) is 4.04. The van der Waals surface area contributed by atoms with Gasteiger partial charge in [0, 0.05) is 25.8 Å². The Morgan fingerprint density at radius 1 is 1.60 bits per heavy atom. The monoisotopic (exact) mass is 275 g/mol. The van der Waals surface area contributed by atoms with Gasteiger partial charge in [0.25, 0.3) is 0 Å². The molecule has 0 aromatic carbocycles. The maximum absolute atomic E-state index is 5.66. The molecule has 0 aliphatic rings. The molecule has 1 rings (SSSR count). The minimum atomic E-state index is 0.459. The van der Waals surface area contributed by atoms with Crippen LogP contribution in [-0.2, 0) is 11.3 Å². The summed E-state index contributed by atoms with van der Waals surface area (Å²) in [6.07, 6.45) is 1.90. The van der Waals surface area contributed by atoms with Gasteiger partial charge >= 0.3 is 0 Å². The van der Waals surface area contributed by atoms with Crippen molar-refractivity contribution in [2.24, 2.45) is 11.8 Å². The summed E-state index contributed by atoms with van der Waals surface area (Å²) in [6, 6.07) is 0. The van der Waals surface area contributed by atoms with Crippen molar-refractivity contribution in [1.82, 2.24) is 9.78 Å². The summed E-state index contributed by atoms with van der Waals surface area (Å²) in [5.41, 5.74) is 5.66. The van der Waals surface area contributed by atoms with Crippen LogP contribution in [0.4, 0.5) is 5.82 Å². The minimum Gasteiger partial charge on any atom is -0.384 e. The van der Waals surface area contributed by atoms with Gasteiger partial charge in [-0.15, -0.1) is 0 Å². The smallest absolute Gasteiger partial charge is 0.159 e. The van der Waals surface area contributed by atoms with Gasteiger partial charge in [0.15, 0.2) is 5.82 Å². The number of ether oxygens (including phenoxy) is 1. The first-order valence-corrected chi connectivity index (χ1v) is 5.81. The molecule has 1 aromatic rings. The summed E-state index contributed by atoms with van der Waals surface area (Å²) >= 11 is 3.34. The molecule has 0 saturated heterocycles. The standard InChI is InChI=1S/C10H18BrN3O/c1-7(2)8(6-15-3)4-14-5-9(11)10(12)13-14/h5,7-8H,4,6H2,1-3H3,(H2,12,13). The van der Waals surface area contributed by atoms with Gasteiger partial charge in [-0.1, -0.05) is 13.8 Å². The zero-order valence-electron chi connectivity index (χ0n) is 9.40. The van der Waals surface area contributed by atoms with Crippen molar-refractivity contribution < 1.29 is 4.74 Å². The summed E-state index contributed by atoms with van der Waals surface area (Å²) in [5, 5.41) is 4.21. The molecule has 0 spiro atoms. The third kappa shape index (κ3) is 3.50. The second kappa shape index (κ2) is 5.51. The number of halogens is 1. The number of aromatic nitrogens is 2. The molecule has 86 valence electrons. The highest BCUT2D eigenvalue weighted by Gasteiger charge is 2.15. The molecule has 4 nitrogen and oxygen atoms in total. The lowest BCUT2D eigenvalue weighted by Gasteiger charge is -2.19. The first-order valence-electron chi connectivity index (χ1n) is 5.02. The molecular weight excluding hydrogens is 258 g/mol. The average Bonchev–Trinajstić information content (AvgIpc) is 2.45. The van der Waals surface area contributed by atoms with Crippen LogP contribution in [0.2, 0.25) is 0 Å². The molecule has 0 fully saturated rings. The van der Waals surface area contributed by atoms with Crippen molar-refractivity contribution in [3.05, 3.63) is 10.7 Å². The molecule has 1 atom stereocenters. The summed E-state index contributed by atoms with van der Waals surface area (Å²) in [7, 11) is 1.72. The fraction of sp³-hybridized carbons (Fsp3) is 0.700. The summed E-state index contributed by atoms with van der Waals surface area (Å²) in [5.74, 6) is 1.56. The highest BCUT2D eigenvalue weighted by atomic mass is 79.9. The zero-order valence-corrected chi connectivity index (χ0v) is 11.0. The average molecular weight is 276 g/mol. The lowest BCUT2D eigenvalue weighted by Crippen LogP contribution is -2.21. The molecule has 1 aromatic heterocycles. The number of nitrogens with two attached hydrogens (primary N) is 1. The number of anilines is 1. The van der Waals surface area contributed by atoms with Crippen LogP contribution in [-0.4, -0.2) is 23.5 Å². The molecule has 0 amide bonds. The Bertz CT molecular complexity index is 292. The molecule has 2 N–H and O–H groups in total. The maximum Gasteiger partial charge on any atom is 0.159 e. The van der Waals surface area contributed by atoms with Gasteiger partial charge in [-0.25, -0.2) is 0 Å². The molecule has 15 heavy (non-hydrogen) atoms. The fourth-order valence-electron chi connectivity index (χ4n) is 1.42. The lowest BCUT2D eigenvalue weighted by molar-refractivity contribution is 0.116. The van der Waals surface area contributed by atoms with E-state index < -0.39 is 0 Å². The van der Waals surface area contributed by atoms with E-state index in [1.165, 1.54) is 0 Å². The molecule has 0 aliphatic heterocycles. The van der Waals surface area contributed by atoms with E-state index in [2.05, 4.69) is 34.9 Å². The Balaban J connectivity index is 2.65. The van der Waals surface area contributed by atoms with Crippen molar-refractivity contribution in [1.29, 1.82) is 0 Å². The van der Waals surface area contributed by atoms with Crippen LogP contribution < -0.4 is 5.73 Å². The number of hydrogen-bond acceptors (Lipinski definition) is 3. The highest BCUT2D eigenvalue weighted by Crippen LogP contribution is 2.19. The summed E-state index contributed by atoms with van der Waals surface area (Å²) < 4.78 is 7.90. The first-order chi connectivity index (χ1) is 7.04. The van der Waals surface area contributed by atoms with Crippen LogP contribution in [0.5, 0.6) is 0 Å². The quantitative estimate of drug-likeness (QED) is 0.896. The second-order valence-corrected chi connectivity index (χ2v) is 4.90. The number of nitrogen functional groups attached to an aromatic ring is 1. The molecule has 1 unspecified atom stereocenters. The molecule has 5 heteroatoms. The van der Waals surface area contributed by atoms with Crippen LogP contribution in [0.3, 0.4) is 0 Å². The van der Waals surface area contributed by atoms with E-state index in [9.17, 15) is 0 Å². The number of nitrogens with zero attached hydrogens (tertiary/aromatic N) is 2. The van der Waals surface area contributed by atoms with Crippen LogP contribution in [0.25, 0.3) is 0 Å². The van der Waals surface area contributed by atoms with Crippen molar-refractivity contribution in [2.45, 2.75) is 20.4 Å². The topological polar surface area (TPSA) is 53.1 Å². The van der Waals surface area contributed by atoms with Crippen LogP contribution in [0.15, 0.2) is 10.7 Å². The third-order valence-electron chi connectivity index (χ3n) is 2.49. The molecule has 1 heterocycles. The van der Waals surface area contributed by atoms with Crippen LogP contribution in [0.1, 0.15) is 13.8 Å². The van der Waals surface area contributed by atoms with Gasteiger partial charge in [-0.2, -0.15) is 5.10 Å². The minimum absolute atomic E-state index is 0.459. The Morgan fingerprint density at radius 2 is 2.27 bits per heavy atom. The predicted octanol–water partition coefficient (Wildman–Crippen LogP) is 2.15. The Hall–Kier alpha value is -0.550. The van der Waals surface area contributed by atoms with E-state index in [1.54, 1.807) is 7.11 Å². The van der Waals surface area contributed by atoms with E-state index in [1.807, 2.05) is 10.9 Å². The number of hydrogen-bond donors (Lipinski definition) is 1. The summed E-state index contributed by atoms with van der Waals surface area (Å²) in [4.78, 5) is 0. The first kappa shape index (κ1) is 12.5. The molecular formula is C10H18BrN3O. The van der Waals surface area contributed by atoms with Crippen molar-refractivity contribution in [2.75, 3.05) is 19.5 Å². The van der Waals surface area contributed by atoms with Gasteiger partial charge in [-0.05, 0) is 21.8 Å². The number of methoxy groups -OCH3 is 1. The van der Waals surface area contributed by atoms with Gasteiger partial charge in [0.1, 0.15) is 0 Å².